The SMILES string of the molecule is CCC[N+]1(C(=O)n2ccnc2)C=NC(Cc2ccccc2)=C1C(C)C. The molecule has 3 rings (SSSR count). The maximum absolute atomic E-state index is 13.3. The van der Waals surface area contributed by atoms with Gasteiger partial charge in [-0.2, -0.15) is 4.48 Å². The summed E-state index contributed by atoms with van der Waals surface area (Å²) in [7, 11) is 0. The molecule has 1 aliphatic heterocycles. The van der Waals surface area contributed by atoms with Gasteiger partial charge in [0.1, 0.15) is 17.7 Å². The lowest BCUT2D eigenvalue weighted by atomic mass is 10.0. The first kappa shape index (κ1) is 17.3. The van der Waals surface area contributed by atoms with E-state index in [9.17, 15) is 4.79 Å². The van der Waals surface area contributed by atoms with Crippen LogP contribution in [0.25, 0.3) is 0 Å². The lowest BCUT2D eigenvalue weighted by Gasteiger charge is -2.31. The molecule has 2 aromatic rings. The first-order chi connectivity index (χ1) is 12.1. The number of carbonyl (C=O) groups excluding carboxylic acids is 1. The van der Waals surface area contributed by atoms with Gasteiger partial charge in [-0.3, -0.25) is 0 Å². The maximum atomic E-state index is 13.3. The van der Waals surface area contributed by atoms with Crippen molar-refractivity contribution in [2.24, 2.45) is 10.9 Å². The summed E-state index contributed by atoms with van der Waals surface area (Å²) in [5, 5.41) is 0. The van der Waals surface area contributed by atoms with Gasteiger partial charge in [0, 0.05) is 24.7 Å². The van der Waals surface area contributed by atoms with Crippen molar-refractivity contribution in [2.45, 2.75) is 33.6 Å². The zero-order chi connectivity index (χ0) is 17.9. The van der Waals surface area contributed by atoms with Crippen LogP contribution in [0.5, 0.6) is 0 Å². The number of aliphatic imine (C=N–C) groups is 1. The fourth-order valence-electron chi connectivity index (χ4n) is 3.60. The predicted molar refractivity (Wildman–Crippen MR) is 98.9 cm³/mol. The Morgan fingerprint density at radius 2 is 2.00 bits per heavy atom. The van der Waals surface area contributed by atoms with Crippen LogP contribution in [0, 0.1) is 5.92 Å². The van der Waals surface area contributed by atoms with Crippen molar-refractivity contribution >= 4 is 12.4 Å². The van der Waals surface area contributed by atoms with Crippen molar-refractivity contribution < 1.29 is 9.28 Å². The monoisotopic (exact) mass is 337 g/mol. The van der Waals surface area contributed by atoms with Gasteiger partial charge < -0.3 is 0 Å². The lowest BCUT2D eigenvalue weighted by molar-refractivity contribution is -0.711. The second kappa shape index (κ2) is 7.15. The molecule has 0 saturated heterocycles. The molecule has 0 spiro atoms. The second-order valence-electron chi connectivity index (χ2n) is 6.74. The van der Waals surface area contributed by atoms with Crippen molar-refractivity contribution in [3.8, 4) is 0 Å². The Balaban J connectivity index is 2.06. The van der Waals surface area contributed by atoms with Crippen LogP contribution in [0.15, 0.2) is 65.4 Å². The summed E-state index contributed by atoms with van der Waals surface area (Å²) in [6.45, 7) is 7.08. The van der Waals surface area contributed by atoms with Crippen molar-refractivity contribution in [2.75, 3.05) is 6.54 Å². The van der Waals surface area contributed by atoms with Gasteiger partial charge in [0.05, 0.1) is 6.54 Å². The van der Waals surface area contributed by atoms with E-state index in [2.05, 4.69) is 37.9 Å². The first-order valence-electron chi connectivity index (χ1n) is 8.82. The Kier molecular flexibility index (Phi) is 4.95. The molecule has 130 valence electrons. The van der Waals surface area contributed by atoms with Gasteiger partial charge in [-0.15, -0.1) is 0 Å². The van der Waals surface area contributed by atoms with Crippen molar-refractivity contribution in [3.05, 3.63) is 66.0 Å². The van der Waals surface area contributed by atoms with Crippen LogP contribution in [0.3, 0.4) is 0 Å². The van der Waals surface area contributed by atoms with E-state index in [1.54, 1.807) is 23.3 Å². The molecule has 1 aromatic carbocycles. The third kappa shape index (κ3) is 3.20. The van der Waals surface area contributed by atoms with Gasteiger partial charge in [0.2, 0.25) is 6.34 Å². The summed E-state index contributed by atoms with van der Waals surface area (Å²) >= 11 is 0. The molecule has 0 bridgehead atoms. The number of carbonyl (C=O) groups is 1. The molecule has 1 aliphatic rings. The number of allylic oxidation sites excluding steroid dienone is 2. The number of nitrogens with zero attached hydrogens (tertiary/aromatic N) is 4. The molecule has 0 N–H and O–H groups in total. The highest BCUT2D eigenvalue weighted by molar-refractivity contribution is 5.81. The lowest BCUT2D eigenvalue weighted by Crippen LogP contribution is -2.53. The smallest absolute Gasteiger partial charge is 0.245 e. The summed E-state index contributed by atoms with van der Waals surface area (Å²) in [4.78, 5) is 22.0. The van der Waals surface area contributed by atoms with Gasteiger partial charge in [0.15, 0.2) is 0 Å². The number of aromatic nitrogens is 2. The second-order valence-corrected chi connectivity index (χ2v) is 6.74. The number of hydrogen-bond acceptors (Lipinski definition) is 3. The average Bonchev–Trinajstić information content (AvgIpc) is 3.24. The minimum atomic E-state index is -0.0186. The number of quaternary nitrogens is 1. The zero-order valence-corrected chi connectivity index (χ0v) is 15.1. The molecule has 0 fully saturated rings. The standard InChI is InChI=1S/C20H25N4O/c1-4-12-24(20(25)23-11-10-21-14-23)15-22-18(19(24)16(2)3)13-17-8-6-5-7-9-17/h5-11,14-16H,4,12-13H2,1-3H3/q+1. The molecule has 0 aliphatic carbocycles. The topological polar surface area (TPSA) is 47.2 Å². The van der Waals surface area contributed by atoms with Gasteiger partial charge in [-0.25, -0.2) is 19.3 Å². The number of imidazole rings is 1. The van der Waals surface area contributed by atoms with Gasteiger partial charge in [-0.05, 0) is 12.0 Å². The Labute approximate surface area is 148 Å². The molecule has 5 nitrogen and oxygen atoms in total. The quantitative estimate of drug-likeness (QED) is 0.767. The Morgan fingerprint density at radius 3 is 2.60 bits per heavy atom. The van der Waals surface area contributed by atoms with Gasteiger partial charge in [-0.1, -0.05) is 51.1 Å². The average molecular weight is 337 g/mol. The van der Waals surface area contributed by atoms with Crippen LogP contribution < -0.4 is 0 Å². The minimum absolute atomic E-state index is 0.0186. The van der Waals surface area contributed by atoms with E-state index in [4.69, 9.17) is 4.99 Å². The zero-order valence-electron chi connectivity index (χ0n) is 15.1. The van der Waals surface area contributed by atoms with Crippen LogP contribution in [0.2, 0.25) is 0 Å². The van der Waals surface area contributed by atoms with Gasteiger partial charge in [0.25, 0.3) is 0 Å². The summed E-state index contributed by atoms with van der Waals surface area (Å²) in [5.41, 5.74) is 3.30. The number of benzene rings is 1. The third-order valence-electron chi connectivity index (χ3n) is 4.54. The fraction of sp³-hybridized carbons (Fsp3) is 0.350. The van der Waals surface area contributed by atoms with E-state index in [1.165, 1.54) is 5.56 Å². The van der Waals surface area contributed by atoms with Gasteiger partial charge >= 0.3 is 6.03 Å². The molecule has 25 heavy (non-hydrogen) atoms. The fourth-order valence-corrected chi connectivity index (χ4v) is 3.60. The molecule has 1 unspecified atom stereocenters. The Morgan fingerprint density at radius 1 is 1.24 bits per heavy atom. The van der Waals surface area contributed by atoms with Crippen LogP contribution in [-0.4, -0.2) is 32.9 Å². The molecule has 0 radical (unpaired) electrons. The normalized spacial score (nSPS) is 19.8. The maximum Gasteiger partial charge on any atom is 0.439 e. The number of amides is 1. The van der Waals surface area contributed by atoms with Crippen LogP contribution in [0.1, 0.15) is 32.8 Å². The van der Waals surface area contributed by atoms with E-state index in [-0.39, 0.29) is 16.4 Å². The highest BCUT2D eigenvalue weighted by Crippen LogP contribution is 2.35. The summed E-state index contributed by atoms with van der Waals surface area (Å²) < 4.78 is 1.72. The third-order valence-corrected chi connectivity index (χ3v) is 4.54. The predicted octanol–water partition coefficient (Wildman–Crippen LogP) is 4.23. The first-order valence-corrected chi connectivity index (χ1v) is 8.82. The van der Waals surface area contributed by atoms with Crippen LogP contribution >= 0.6 is 0 Å². The van der Waals surface area contributed by atoms with Crippen molar-refractivity contribution in [1.29, 1.82) is 0 Å². The van der Waals surface area contributed by atoms with E-state index in [0.717, 1.165) is 24.2 Å². The minimum Gasteiger partial charge on any atom is -0.245 e. The largest absolute Gasteiger partial charge is 0.439 e. The molecule has 2 heterocycles. The van der Waals surface area contributed by atoms with E-state index < -0.39 is 0 Å². The number of hydrogen-bond donors (Lipinski definition) is 0. The summed E-state index contributed by atoms with van der Waals surface area (Å²) in [5.74, 6) is 0.222. The Bertz CT molecular complexity index is 790. The van der Waals surface area contributed by atoms with Crippen molar-refractivity contribution in [1.82, 2.24) is 9.55 Å². The van der Waals surface area contributed by atoms with E-state index >= 15 is 0 Å². The highest BCUT2D eigenvalue weighted by atomic mass is 16.2. The number of rotatable bonds is 5. The molecule has 0 saturated carbocycles. The summed E-state index contributed by atoms with van der Waals surface area (Å²) in [6, 6.07) is 10.3. The van der Waals surface area contributed by atoms with E-state index in [1.807, 2.05) is 24.5 Å². The highest BCUT2D eigenvalue weighted by Gasteiger charge is 2.47. The van der Waals surface area contributed by atoms with Crippen molar-refractivity contribution in [3.63, 3.8) is 0 Å². The molecule has 1 atom stereocenters. The van der Waals surface area contributed by atoms with Crippen LogP contribution in [-0.2, 0) is 6.42 Å². The van der Waals surface area contributed by atoms with E-state index in [0.29, 0.717) is 6.54 Å². The molecular formula is C20H25N4O+. The Hall–Kier alpha value is -2.53. The summed E-state index contributed by atoms with van der Waals surface area (Å²) in [6.07, 6.45) is 8.36. The molecule has 1 aromatic heterocycles. The molecule has 1 amide bonds. The molecule has 5 heteroatoms. The molecular weight excluding hydrogens is 312 g/mol. The van der Waals surface area contributed by atoms with Crippen LogP contribution in [0.4, 0.5) is 4.79 Å².